The van der Waals surface area contributed by atoms with Crippen molar-refractivity contribution in [1.82, 2.24) is 10.3 Å². The zero-order valence-corrected chi connectivity index (χ0v) is 13.6. The predicted octanol–water partition coefficient (Wildman–Crippen LogP) is 2.88. The van der Waals surface area contributed by atoms with E-state index < -0.39 is 11.5 Å². The Kier molecular flexibility index (Phi) is 5.26. The summed E-state index contributed by atoms with van der Waals surface area (Å²) in [6.07, 6.45) is 1.49. The van der Waals surface area contributed by atoms with Gasteiger partial charge in [0.15, 0.2) is 0 Å². The fourth-order valence-electron chi connectivity index (χ4n) is 2.32. The normalized spacial score (nSPS) is 10.2. The van der Waals surface area contributed by atoms with Gasteiger partial charge in [0.2, 0.25) is 0 Å². The van der Waals surface area contributed by atoms with Crippen molar-refractivity contribution in [3.63, 3.8) is 0 Å². The molecule has 2 N–H and O–H groups in total. The molecule has 1 aromatic heterocycles. The maximum absolute atomic E-state index is 12.0. The zero-order chi connectivity index (χ0) is 17.5. The second-order valence-electron chi connectivity index (χ2n) is 5.51. The number of hydrogen-bond acceptors (Lipinski definition) is 3. The van der Waals surface area contributed by atoms with Gasteiger partial charge in [0.05, 0.1) is 0 Å². The fraction of sp³-hybridized carbons (Fsp3) is 0.100. The molecule has 0 bridgehead atoms. The van der Waals surface area contributed by atoms with Crippen molar-refractivity contribution in [2.75, 3.05) is 0 Å². The number of amides is 1. The van der Waals surface area contributed by atoms with Gasteiger partial charge in [0.1, 0.15) is 17.9 Å². The number of benzene rings is 2. The first-order chi connectivity index (χ1) is 12.2. The molecule has 1 heterocycles. The van der Waals surface area contributed by atoms with Crippen LogP contribution >= 0.6 is 0 Å². The minimum absolute atomic E-state index is 0.102. The molecular formula is C20H18N2O3. The molecule has 3 aromatic rings. The highest BCUT2D eigenvalue weighted by molar-refractivity contribution is 5.93. The Hall–Kier alpha value is -3.34. The molecule has 2 aromatic carbocycles. The average Bonchev–Trinajstić information content (AvgIpc) is 2.66. The van der Waals surface area contributed by atoms with Crippen LogP contribution in [0.1, 0.15) is 21.5 Å². The fourth-order valence-corrected chi connectivity index (χ4v) is 2.32. The number of aromatic amines is 1. The van der Waals surface area contributed by atoms with E-state index in [1.807, 2.05) is 54.6 Å². The number of carbonyl (C=O) groups is 1. The predicted molar refractivity (Wildman–Crippen MR) is 95.4 cm³/mol. The number of carbonyl (C=O) groups excluding carboxylic acids is 1. The van der Waals surface area contributed by atoms with Gasteiger partial charge in [-0.05, 0) is 35.4 Å². The molecule has 0 aliphatic heterocycles. The smallest absolute Gasteiger partial charge is 0.260 e. The summed E-state index contributed by atoms with van der Waals surface area (Å²) in [5.41, 5.74) is 1.73. The van der Waals surface area contributed by atoms with Gasteiger partial charge in [-0.2, -0.15) is 0 Å². The van der Waals surface area contributed by atoms with E-state index in [4.69, 9.17) is 4.74 Å². The van der Waals surface area contributed by atoms with Crippen LogP contribution in [0.4, 0.5) is 0 Å². The molecule has 25 heavy (non-hydrogen) atoms. The van der Waals surface area contributed by atoms with Gasteiger partial charge in [0, 0.05) is 12.7 Å². The Balaban J connectivity index is 1.53. The van der Waals surface area contributed by atoms with E-state index in [0.717, 1.165) is 16.9 Å². The molecule has 0 spiro atoms. The van der Waals surface area contributed by atoms with Gasteiger partial charge in [-0.25, -0.2) is 0 Å². The van der Waals surface area contributed by atoms with Crippen LogP contribution in [0, 0.1) is 0 Å². The Morgan fingerprint density at radius 3 is 2.40 bits per heavy atom. The number of pyridine rings is 1. The van der Waals surface area contributed by atoms with Gasteiger partial charge in [-0.3, -0.25) is 9.59 Å². The van der Waals surface area contributed by atoms with E-state index >= 15 is 0 Å². The molecule has 0 radical (unpaired) electrons. The van der Waals surface area contributed by atoms with Gasteiger partial charge in [-0.1, -0.05) is 42.5 Å². The molecular weight excluding hydrogens is 316 g/mol. The molecule has 0 aliphatic rings. The highest BCUT2D eigenvalue weighted by Crippen LogP contribution is 2.14. The van der Waals surface area contributed by atoms with Crippen molar-refractivity contribution in [2.24, 2.45) is 0 Å². The lowest BCUT2D eigenvalue weighted by Gasteiger charge is -2.08. The van der Waals surface area contributed by atoms with Crippen LogP contribution in [0.5, 0.6) is 5.75 Å². The zero-order valence-electron chi connectivity index (χ0n) is 13.6. The minimum Gasteiger partial charge on any atom is -0.489 e. The first-order valence-electron chi connectivity index (χ1n) is 7.94. The second kappa shape index (κ2) is 7.97. The van der Waals surface area contributed by atoms with Gasteiger partial charge >= 0.3 is 0 Å². The van der Waals surface area contributed by atoms with Crippen LogP contribution in [0.2, 0.25) is 0 Å². The van der Waals surface area contributed by atoms with Crippen molar-refractivity contribution in [3.05, 3.63) is 100.0 Å². The summed E-state index contributed by atoms with van der Waals surface area (Å²) >= 11 is 0. The summed E-state index contributed by atoms with van der Waals surface area (Å²) in [7, 11) is 0. The second-order valence-corrected chi connectivity index (χ2v) is 5.51. The molecule has 126 valence electrons. The maximum Gasteiger partial charge on any atom is 0.260 e. The summed E-state index contributed by atoms with van der Waals surface area (Å²) in [5.74, 6) is 0.365. The third-order valence-electron chi connectivity index (χ3n) is 3.69. The first-order valence-corrected chi connectivity index (χ1v) is 7.94. The molecule has 0 saturated carbocycles. The topological polar surface area (TPSA) is 71.2 Å². The quantitative estimate of drug-likeness (QED) is 0.728. The molecule has 0 unspecified atom stereocenters. The molecule has 0 aliphatic carbocycles. The van der Waals surface area contributed by atoms with E-state index in [1.54, 1.807) is 6.07 Å². The van der Waals surface area contributed by atoms with E-state index in [1.165, 1.54) is 12.3 Å². The molecule has 3 rings (SSSR count). The number of ether oxygens (including phenoxy) is 1. The van der Waals surface area contributed by atoms with Crippen LogP contribution in [0.25, 0.3) is 0 Å². The molecule has 1 amide bonds. The SMILES string of the molecule is O=C(NCc1ccc(OCc2ccccc2)cc1)c1ccc[nH]c1=O. The lowest BCUT2D eigenvalue weighted by Crippen LogP contribution is -2.28. The van der Waals surface area contributed by atoms with Gasteiger partial charge < -0.3 is 15.0 Å². The maximum atomic E-state index is 12.0. The summed E-state index contributed by atoms with van der Waals surface area (Å²) < 4.78 is 5.72. The van der Waals surface area contributed by atoms with E-state index in [0.29, 0.717) is 13.2 Å². The molecule has 0 fully saturated rings. The number of nitrogens with one attached hydrogen (secondary N) is 2. The molecule has 5 nitrogen and oxygen atoms in total. The van der Waals surface area contributed by atoms with Gasteiger partial charge in [0.25, 0.3) is 11.5 Å². The van der Waals surface area contributed by atoms with E-state index in [-0.39, 0.29) is 5.56 Å². The summed E-state index contributed by atoms with van der Waals surface area (Å²) in [5, 5.41) is 2.73. The Morgan fingerprint density at radius 2 is 1.68 bits per heavy atom. The van der Waals surface area contributed by atoms with Crippen molar-refractivity contribution >= 4 is 5.91 Å². The highest BCUT2D eigenvalue weighted by atomic mass is 16.5. The Bertz CT molecular complexity index is 887. The Morgan fingerprint density at radius 1 is 0.920 bits per heavy atom. The number of aromatic nitrogens is 1. The van der Waals surface area contributed by atoms with E-state index in [9.17, 15) is 9.59 Å². The summed E-state index contributed by atoms with van der Waals surface area (Å²) in [4.78, 5) is 26.1. The third-order valence-corrected chi connectivity index (χ3v) is 3.69. The summed E-state index contributed by atoms with van der Waals surface area (Å²) in [6.45, 7) is 0.847. The van der Waals surface area contributed by atoms with Crippen LogP contribution in [0.15, 0.2) is 77.7 Å². The largest absolute Gasteiger partial charge is 0.489 e. The molecule has 0 atom stereocenters. The monoisotopic (exact) mass is 334 g/mol. The van der Waals surface area contributed by atoms with Crippen LogP contribution in [-0.4, -0.2) is 10.9 Å². The Labute approximate surface area is 145 Å². The summed E-state index contributed by atoms with van der Waals surface area (Å²) in [6, 6.07) is 20.5. The van der Waals surface area contributed by atoms with Crippen LogP contribution < -0.4 is 15.6 Å². The van der Waals surface area contributed by atoms with Crippen molar-refractivity contribution in [3.8, 4) is 5.75 Å². The van der Waals surface area contributed by atoms with Gasteiger partial charge in [-0.15, -0.1) is 0 Å². The number of H-pyrrole nitrogens is 1. The minimum atomic E-state index is -0.398. The third kappa shape index (κ3) is 4.57. The highest BCUT2D eigenvalue weighted by Gasteiger charge is 2.08. The standard InChI is InChI=1S/C20H18N2O3/c23-19-18(7-4-12-21-19)20(24)22-13-15-8-10-17(11-9-15)25-14-16-5-2-1-3-6-16/h1-12H,13-14H2,(H,21,23)(H,22,24). The lowest BCUT2D eigenvalue weighted by molar-refractivity contribution is 0.0949. The number of hydrogen-bond donors (Lipinski definition) is 2. The lowest BCUT2D eigenvalue weighted by atomic mass is 10.2. The van der Waals surface area contributed by atoms with E-state index in [2.05, 4.69) is 10.3 Å². The van der Waals surface area contributed by atoms with Crippen molar-refractivity contribution in [1.29, 1.82) is 0 Å². The molecule has 0 saturated heterocycles. The number of rotatable bonds is 6. The first kappa shape index (κ1) is 16.5. The average molecular weight is 334 g/mol. The van der Waals surface area contributed by atoms with Crippen LogP contribution in [-0.2, 0) is 13.2 Å². The van der Waals surface area contributed by atoms with Crippen molar-refractivity contribution in [2.45, 2.75) is 13.2 Å². The van der Waals surface area contributed by atoms with Crippen LogP contribution in [0.3, 0.4) is 0 Å². The molecule has 5 heteroatoms. The van der Waals surface area contributed by atoms with Crippen molar-refractivity contribution < 1.29 is 9.53 Å².